The van der Waals surface area contributed by atoms with Gasteiger partial charge in [0.15, 0.2) is 0 Å². The number of carbonyl (C=O) groups is 1. The molecule has 0 unspecified atom stereocenters. The molecule has 0 radical (unpaired) electrons. The summed E-state index contributed by atoms with van der Waals surface area (Å²) >= 11 is 0. The van der Waals surface area contributed by atoms with Gasteiger partial charge in [0.2, 0.25) is 0 Å². The number of nitrogens with one attached hydrogen (secondary N) is 1. The fourth-order valence-corrected chi connectivity index (χ4v) is 4.32. The van der Waals surface area contributed by atoms with Gasteiger partial charge in [-0.15, -0.1) is 0 Å². The number of nitrogens with zero attached hydrogens (tertiary/aromatic N) is 4. The number of fused-ring (bicyclic) bond motifs is 2. The maximum absolute atomic E-state index is 13.0. The van der Waals surface area contributed by atoms with Crippen LogP contribution in [0.2, 0.25) is 0 Å². The lowest BCUT2D eigenvalue weighted by Gasteiger charge is -2.35. The van der Waals surface area contributed by atoms with E-state index in [1.165, 1.54) is 0 Å². The number of rotatable bonds is 3. The highest BCUT2D eigenvalue weighted by Gasteiger charge is 2.20. The highest BCUT2D eigenvalue weighted by atomic mass is 16.1. The van der Waals surface area contributed by atoms with E-state index in [4.69, 9.17) is 0 Å². The number of hydrogen-bond acceptors (Lipinski definition) is 5. The molecule has 0 bridgehead atoms. The summed E-state index contributed by atoms with van der Waals surface area (Å²) in [5.41, 5.74) is 2.92. The molecule has 2 aliphatic rings. The Bertz CT molecular complexity index is 1180. The van der Waals surface area contributed by atoms with E-state index in [2.05, 4.69) is 27.1 Å². The number of aryl methyl sites for hydroxylation is 1. The Labute approximate surface area is 174 Å². The number of anilines is 2. The van der Waals surface area contributed by atoms with Crippen molar-refractivity contribution in [2.24, 2.45) is 0 Å². The Morgan fingerprint density at radius 3 is 2.67 bits per heavy atom. The molecule has 0 aliphatic carbocycles. The Hall–Kier alpha value is -3.19. The minimum atomic E-state index is -0.194. The Morgan fingerprint density at radius 1 is 1.03 bits per heavy atom. The summed E-state index contributed by atoms with van der Waals surface area (Å²) in [6, 6.07) is 13.1. The van der Waals surface area contributed by atoms with Gasteiger partial charge in [-0.05, 0) is 43.8 Å². The van der Waals surface area contributed by atoms with Crippen molar-refractivity contribution >= 4 is 28.2 Å². The van der Waals surface area contributed by atoms with Crippen LogP contribution in [0, 0.1) is 0 Å². The van der Waals surface area contributed by atoms with Crippen LogP contribution in [0.15, 0.2) is 47.3 Å². The molecule has 0 saturated carbocycles. The van der Waals surface area contributed by atoms with Crippen LogP contribution in [0.25, 0.3) is 10.9 Å². The van der Waals surface area contributed by atoms with E-state index in [1.807, 2.05) is 24.3 Å². The molecule has 0 spiro atoms. The lowest BCUT2D eigenvalue weighted by Crippen LogP contribution is -2.44. The first-order valence-electron chi connectivity index (χ1n) is 10.5. The highest BCUT2D eigenvalue weighted by molar-refractivity contribution is 6.07. The van der Waals surface area contributed by atoms with Crippen molar-refractivity contribution in [1.82, 2.24) is 14.5 Å². The number of likely N-dealkylation sites (N-methyl/N-ethyl adjacent to an activating group) is 1. The van der Waals surface area contributed by atoms with Crippen LogP contribution in [0.3, 0.4) is 0 Å². The van der Waals surface area contributed by atoms with Gasteiger partial charge < -0.3 is 15.1 Å². The molecule has 0 atom stereocenters. The minimum Gasteiger partial charge on any atom is -0.367 e. The molecule has 30 heavy (non-hydrogen) atoms. The molecule has 3 heterocycles. The van der Waals surface area contributed by atoms with Gasteiger partial charge in [0.05, 0.1) is 22.3 Å². The third-order valence-corrected chi connectivity index (χ3v) is 6.07. The summed E-state index contributed by atoms with van der Waals surface area (Å²) in [5, 5.41) is 3.63. The Kier molecular flexibility index (Phi) is 4.75. The maximum Gasteiger partial charge on any atom is 0.261 e. The number of hydrogen-bond donors (Lipinski definition) is 1. The normalized spacial score (nSPS) is 16.6. The van der Waals surface area contributed by atoms with E-state index in [9.17, 15) is 9.59 Å². The van der Waals surface area contributed by atoms with Crippen LogP contribution in [0.1, 0.15) is 22.6 Å². The SMILES string of the molecule is CN1CCN(c2ccccc2NC(=O)c2ccc3c(=O)n4c(nc3c2)CCC4)CC1. The van der Waals surface area contributed by atoms with Gasteiger partial charge >= 0.3 is 0 Å². The standard InChI is InChI=1S/C23H25N5O2/c1-26-11-13-27(14-12-26)20-6-3-2-5-18(20)25-22(29)16-8-9-17-19(15-16)24-21-7-4-10-28(21)23(17)30/h2-3,5-6,8-9,15H,4,7,10-14H2,1H3,(H,25,29). The average molecular weight is 403 g/mol. The fourth-order valence-electron chi connectivity index (χ4n) is 4.32. The van der Waals surface area contributed by atoms with Crippen molar-refractivity contribution in [2.45, 2.75) is 19.4 Å². The maximum atomic E-state index is 13.0. The zero-order valence-electron chi connectivity index (χ0n) is 17.1. The molecule has 1 fully saturated rings. The van der Waals surface area contributed by atoms with Crippen LogP contribution in [-0.2, 0) is 13.0 Å². The Morgan fingerprint density at radius 2 is 1.83 bits per heavy atom. The van der Waals surface area contributed by atoms with Gasteiger partial charge in [0, 0.05) is 44.7 Å². The molecule has 7 heteroatoms. The molecule has 1 saturated heterocycles. The van der Waals surface area contributed by atoms with E-state index in [0.717, 1.165) is 62.8 Å². The van der Waals surface area contributed by atoms with E-state index >= 15 is 0 Å². The van der Waals surface area contributed by atoms with Crippen LogP contribution in [-0.4, -0.2) is 53.6 Å². The molecule has 3 aromatic rings. The monoisotopic (exact) mass is 403 g/mol. The van der Waals surface area contributed by atoms with Crippen LogP contribution in [0.4, 0.5) is 11.4 Å². The zero-order valence-corrected chi connectivity index (χ0v) is 17.1. The largest absolute Gasteiger partial charge is 0.367 e. The first kappa shape index (κ1) is 18.8. The van der Waals surface area contributed by atoms with Gasteiger partial charge in [-0.1, -0.05) is 12.1 Å². The summed E-state index contributed by atoms with van der Waals surface area (Å²) in [5.74, 6) is 0.617. The smallest absolute Gasteiger partial charge is 0.261 e. The second-order valence-corrected chi connectivity index (χ2v) is 8.08. The lowest BCUT2D eigenvalue weighted by molar-refractivity contribution is 0.102. The summed E-state index contributed by atoms with van der Waals surface area (Å²) in [7, 11) is 2.12. The van der Waals surface area contributed by atoms with Crippen molar-refractivity contribution < 1.29 is 4.79 Å². The summed E-state index contributed by atoms with van der Waals surface area (Å²) < 4.78 is 1.74. The van der Waals surface area contributed by atoms with Gasteiger partial charge in [-0.25, -0.2) is 4.98 Å². The predicted molar refractivity (Wildman–Crippen MR) is 118 cm³/mol. The first-order chi connectivity index (χ1) is 14.6. The number of aromatic nitrogens is 2. The molecule has 154 valence electrons. The van der Waals surface area contributed by atoms with Crippen molar-refractivity contribution in [2.75, 3.05) is 43.4 Å². The van der Waals surface area contributed by atoms with Crippen molar-refractivity contribution in [3.63, 3.8) is 0 Å². The van der Waals surface area contributed by atoms with E-state index < -0.39 is 0 Å². The molecule has 1 amide bonds. The highest BCUT2D eigenvalue weighted by Crippen LogP contribution is 2.27. The van der Waals surface area contributed by atoms with Crippen LogP contribution < -0.4 is 15.8 Å². The number of benzene rings is 2. The number of amides is 1. The third-order valence-electron chi connectivity index (χ3n) is 6.07. The van der Waals surface area contributed by atoms with Gasteiger partial charge in [0.25, 0.3) is 11.5 Å². The van der Waals surface area contributed by atoms with Crippen LogP contribution in [0.5, 0.6) is 0 Å². The molecule has 1 aromatic heterocycles. The predicted octanol–water partition coefficient (Wildman–Crippen LogP) is 2.35. The third kappa shape index (κ3) is 3.35. The van der Waals surface area contributed by atoms with E-state index in [1.54, 1.807) is 22.8 Å². The fraction of sp³-hybridized carbons (Fsp3) is 0.348. The van der Waals surface area contributed by atoms with Gasteiger partial charge in [-0.3, -0.25) is 14.2 Å². The molecule has 2 aliphatic heterocycles. The minimum absolute atomic E-state index is 0.0140. The molecule has 7 nitrogen and oxygen atoms in total. The second-order valence-electron chi connectivity index (χ2n) is 8.08. The lowest BCUT2D eigenvalue weighted by atomic mass is 10.1. The molecule has 1 N–H and O–H groups in total. The number of piperazine rings is 1. The average Bonchev–Trinajstić information content (AvgIpc) is 3.23. The quantitative estimate of drug-likeness (QED) is 0.727. The van der Waals surface area contributed by atoms with E-state index in [-0.39, 0.29) is 11.5 Å². The van der Waals surface area contributed by atoms with Crippen molar-refractivity contribution in [3.8, 4) is 0 Å². The zero-order chi connectivity index (χ0) is 20.7. The van der Waals surface area contributed by atoms with Crippen LogP contribution >= 0.6 is 0 Å². The number of carbonyl (C=O) groups excluding carboxylic acids is 1. The Balaban J connectivity index is 1.43. The molecule has 5 rings (SSSR count). The first-order valence-corrected chi connectivity index (χ1v) is 10.5. The molecule has 2 aromatic carbocycles. The second kappa shape index (κ2) is 7.57. The summed E-state index contributed by atoms with van der Waals surface area (Å²) in [4.78, 5) is 34.9. The summed E-state index contributed by atoms with van der Waals surface area (Å²) in [6.07, 6.45) is 1.75. The van der Waals surface area contributed by atoms with Gasteiger partial charge in [-0.2, -0.15) is 0 Å². The molecular weight excluding hydrogens is 378 g/mol. The number of para-hydroxylation sites is 2. The summed E-state index contributed by atoms with van der Waals surface area (Å²) in [6.45, 7) is 4.58. The molecular formula is C23H25N5O2. The van der Waals surface area contributed by atoms with Crippen molar-refractivity contribution in [1.29, 1.82) is 0 Å². The van der Waals surface area contributed by atoms with Gasteiger partial charge in [0.1, 0.15) is 5.82 Å². The van der Waals surface area contributed by atoms with E-state index in [0.29, 0.717) is 16.5 Å². The van der Waals surface area contributed by atoms with Crippen molar-refractivity contribution in [3.05, 3.63) is 64.2 Å². The topological polar surface area (TPSA) is 70.5 Å².